The second-order valence-electron chi connectivity index (χ2n) is 3.86. The molecule has 1 atom stereocenters. The average Bonchev–Trinajstić information content (AvgIpc) is 2.35. The Balaban J connectivity index is 2.55. The number of carboxylic acid groups (broad SMARTS) is 1. The van der Waals surface area contributed by atoms with Crippen LogP contribution in [0, 0.1) is 0 Å². The molecule has 1 aromatic carbocycles. The first-order chi connectivity index (χ1) is 9.29. The molecule has 5 nitrogen and oxygen atoms in total. The van der Waals surface area contributed by atoms with Crippen LogP contribution in [0.3, 0.4) is 0 Å². The largest absolute Gasteiger partial charge is 0.479 e. The number of rotatable bonds is 6. The van der Waals surface area contributed by atoms with E-state index in [-0.39, 0.29) is 0 Å². The average molecular weight is 291 g/mol. The molecule has 2 N–H and O–H groups in total. The van der Waals surface area contributed by atoms with Gasteiger partial charge in [-0.05, 0) is 5.56 Å². The van der Waals surface area contributed by atoms with Gasteiger partial charge >= 0.3 is 12.1 Å². The van der Waals surface area contributed by atoms with Crippen LogP contribution in [0.5, 0.6) is 0 Å². The zero-order valence-electron chi connectivity index (χ0n) is 10.2. The van der Waals surface area contributed by atoms with E-state index in [4.69, 9.17) is 5.11 Å². The second kappa shape index (κ2) is 6.90. The third-order valence-corrected chi connectivity index (χ3v) is 2.18. The molecule has 0 saturated carbocycles. The van der Waals surface area contributed by atoms with Gasteiger partial charge < -0.3 is 15.2 Å². The third-order valence-electron chi connectivity index (χ3n) is 2.18. The molecular weight excluding hydrogens is 279 g/mol. The molecule has 0 aliphatic rings. The first-order valence-corrected chi connectivity index (χ1v) is 5.51. The van der Waals surface area contributed by atoms with Crippen LogP contribution in [0.25, 0.3) is 0 Å². The number of carbonyl (C=O) groups excluding carboxylic acids is 1. The topological polar surface area (TPSA) is 75.6 Å². The molecular formula is C12H12F3NO4. The third kappa shape index (κ3) is 5.70. The summed E-state index contributed by atoms with van der Waals surface area (Å²) in [6, 6.07) is 6.45. The lowest BCUT2D eigenvalue weighted by atomic mass is 10.1. The van der Waals surface area contributed by atoms with Crippen LogP contribution in [0.4, 0.5) is 13.2 Å². The van der Waals surface area contributed by atoms with Gasteiger partial charge in [-0.1, -0.05) is 30.3 Å². The minimum atomic E-state index is -4.54. The van der Waals surface area contributed by atoms with Crippen LogP contribution < -0.4 is 5.32 Å². The number of benzene rings is 1. The Labute approximate surface area is 112 Å². The zero-order valence-corrected chi connectivity index (χ0v) is 10.2. The number of ether oxygens (including phenoxy) is 1. The molecule has 0 fully saturated rings. The zero-order chi connectivity index (χ0) is 15.2. The van der Waals surface area contributed by atoms with Crippen molar-refractivity contribution in [3.05, 3.63) is 35.9 Å². The van der Waals surface area contributed by atoms with Crippen molar-refractivity contribution in [1.82, 2.24) is 5.32 Å². The number of alkyl halides is 3. The summed E-state index contributed by atoms with van der Waals surface area (Å²) in [4.78, 5) is 22.4. The highest BCUT2D eigenvalue weighted by Crippen LogP contribution is 2.15. The van der Waals surface area contributed by atoms with E-state index in [0.29, 0.717) is 5.56 Å². The Morgan fingerprint density at radius 1 is 1.25 bits per heavy atom. The molecule has 1 aromatic rings. The normalized spacial score (nSPS) is 12.8. The molecule has 1 rings (SSSR count). The molecule has 8 heteroatoms. The predicted molar refractivity (Wildman–Crippen MR) is 61.8 cm³/mol. The van der Waals surface area contributed by atoms with E-state index in [1.807, 2.05) is 0 Å². The lowest BCUT2D eigenvalue weighted by Crippen LogP contribution is -2.36. The Kier molecular flexibility index (Phi) is 5.51. The molecule has 0 saturated heterocycles. The Morgan fingerprint density at radius 2 is 1.85 bits per heavy atom. The van der Waals surface area contributed by atoms with Crippen molar-refractivity contribution in [2.45, 2.75) is 12.2 Å². The molecule has 1 amide bonds. The minimum Gasteiger partial charge on any atom is -0.479 e. The Bertz CT molecular complexity index is 462. The van der Waals surface area contributed by atoms with Gasteiger partial charge in [0.25, 0.3) is 0 Å². The number of carboxylic acids is 1. The van der Waals surface area contributed by atoms with E-state index in [1.54, 1.807) is 18.2 Å². The monoisotopic (exact) mass is 291 g/mol. The summed E-state index contributed by atoms with van der Waals surface area (Å²) in [5.74, 6) is -2.26. The summed E-state index contributed by atoms with van der Waals surface area (Å²) in [6.45, 7) is -2.43. The number of hydrogen-bond acceptors (Lipinski definition) is 3. The van der Waals surface area contributed by atoms with Gasteiger partial charge in [-0.15, -0.1) is 0 Å². The molecule has 0 bridgehead atoms. The van der Waals surface area contributed by atoms with Crippen LogP contribution in [0.15, 0.2) is 30.3 Å². The van der Waals surface area contributed by atoms with Crippen molar-refractivity contribution in [3.63, 3.8) is 0 Å². The van der Waals surface area contributed by atoms with Crippen LogP contribution in [-0.2, 0) is 14.3 Å². The van der Waals surface area contributed by atoms with Crippen molar-refractivity contribution in [1.29, 1.82) is 0 Å². The fourth-order valence-corrected chi connectivity index (χ4v) is 1.40. The number of amides is 1. The number of carbonyl (C=O) groups is 2. The highest BCUT2D eigenvalue weighted by atomic mass is 19.4. The summed E-state index contributed by atoms with van der Waals surface area (Å²) < 4.78 is 39.6. The molecule has 0 aromatic heterocycles. The van der Waals surface area contributed by atoms with Gasteiger partial charge in [0.2, 0.25) is 5.91 Å². The molecule has 20 heavy (non-hydrogen) atoms. The van der Waals surface area contributed by atoms with Gasteiger partial charge in [0, 0.05) is 0 Å². The Hall–Kier alpha value is -2.09. The van der Waals surface area contributed by atoms with Gasteiger partial charge in [0.05, 0.1) is 0 Å². The van der Waals surface area contributed by atoms with Crippen molar-refractivity contribution in [2.75, 3.05) is 13.2 Å². The van der Waals surface area contributed by atoms with Crippen LogP contribution in [0.2, 0.25) is 0 Å². The summed E-state index contributed by atoms with van der Waals surface area (Å²) in [7, 11) is 0. The van der Waals surface area contributed by atoms with Gasteiger partial charge in [0.15, 0.2) is 6.04 Å². The SMILES string of the molecule is O=C(COCC(F)(F)F)NC(C(=O)O)c1ccccc1. The molecule has 0 heterocycles. The predicted octanol–water partition coefficient (Wildman–Crippen LogP) is 1.51. The molecule has 0 radical (unpaired) electrons. The van der Waals surface area contributed by atoms with E-state index >= 15 is 0 Å². The number of hydrogen-bond donors (Lipinski definition) is 2. The summed E-state index contributed by atoms with van der Waals surface area (Å²) in [5.41, 5.74) is 0.309. The lowest BCUT2D eigenvalue weighted by Gasteiger charge is -2.15. The molecule has 0 aliphatic heterocycles. The maximum atomic E-state index is 11.8. The molecule has 0 spiro atoms. The summed E-state index contributed by atoms with van der Waals surface area (Å²) in [6.07, 6.45) is -4.54. The lowest BCUT2D eigenvalue weighted by molar-refractivity contribution is -0.176. The first-order valence-electron chi connectivity index (χ1n) is 5.51. The first kappa shape index (κ1) is 16.0. The maximum Gasteiger partial charge on any atom is 0.411 e. The molecule has 110 valence electrons. The standard InChI is InChI=1S/C12H12F3NO4/c13-12(14,15)7-20-6-9(17)16-10(11(18)19)8-4-2-1-3-5-8/h1-5,10H,6-7H2,(H,16,17)(H,18,19). The van der Waals surface area contributed by atoms with E-state index in [1.165, 1.54) is 12.1 Å². The van der Waals surface area contributed by atoms with Gasteiger partial charge in [-0.3, -0.25) is 4.79 Å². The summed E-state index contributed by atoms with van der Waals surface area (Å²) in [5, 5.41) is 11.1. The minimum absolute atomic E-state index is 0.309. The molecule has 0 aliphatic carbocycles. The fraction of sp³-hybridized carbons (Fsp3) is 0.333. The maximum absolute atomic E-state index is 11.8. The molecule has 1 unspecified atom stereocenters. The van der Waals surface area contributed by atoms with Gasteiger partial charge in [-0.2, -0.15) is 13.2 Å². The highest BCUT2D eigenvalue weighted by molar-refractivity contribution is 5.85. The van der Waals surface area contributed by atoms with Crippen LogP contribution in [0.1, 0.15) is 11.6 Å². The smallest absolute Gasteiger partial charge is 0.411 e. The number of halogens is 3. The van der Waals surface area contributed by atoms with Crippen LogP contribution >= 0.6 is 0 Å². The van der Waals surface area contributed by atoms with E-state index in [2.05, 4.69) is 10.1 Å². The Morgan fingerprint density at radius 3 is 2.35 bits per heavy atom. The van der Waals surface area contributed by atoms with Gasteiger partial charge in [-0.25, -0.2) is 4.79 Å². The van der Waals surface area contributed by atoms with Crippen molar-refractivity contribution in [2.24, 2.45) is 0 Å². The number of aliphatic carboxylic acids is 1. The van der Waals surface area contributed by atoms with E-state index in [0.717, 1.165) is 0 Å². The highest BCUT2D eigenvalue weighted by Gasteiger charge is 2.28. The van der Waals surface area contributed by atoms with Crippen molar-refractivity contribution < 1.29 is 32.6 Å². The quantitative estimate of drug-likeness (QED) is 0.833. The fourth-order valence-electron chi connectivity index (χ4n) is 1.40. The van der Waals surface area contributed by atoms with Gasteiger partial charge in [0.1, 0.15) is 13.2 Å². The van der Waals surface area contributed by atoms with E-state index < -0.39 is 37.3 Å². The second-order valence-corrected chi connectivity index (χ2v) is 3.86. The van der Waals surface area contributed by atoms with Crippen molar-refractivity contribution >= 4 is 11.9 Å². The van der Waals surface area contributed by atoms with Crippen molar-refractivity contribution in [3.8, 4) is 0 Å². The van der Waals surface area contributed by atoms with E-state index in [9.17, 15) is 22.8 Å². The van der Waals surface area contributed by atoms with Crippen LogP contribution in [-0.4, -0.2) is 36.4 Å². The summed E-state index contributed by atoms with van der Waals surface area (Å²) >= 11 is 0. The number of nitrogens with one attached hydrogen (secondary N) is 1.